The van der Waals surface area contributed by atoms with Gasteiger partial charge in [0, 0.05) is 17.8 Å². The molecule has 25 heavy (non-hydrogen) atoms. The zero-order chi connectivity index (χ0) is 17.7. The molecule has 1 aliphatic heterocycles. The van der Waals surface area contributed by atoms with Gasteiger partial charge in [-0.1, -0.05) is 0 Å². The monoisotopic (exact) mass is 451 g/mol. The number of hydrogen-bond acceptors (Lipinski definition) is 3. The summed E-state index contributed by atoms with van der Waals surface area (Å²) in [5.74, 6) is 0.787. The van der Waals surface area contributed by atoms with Gasteiger partial charge in [0.05, 0.1) is 6.07 Å². The Kier molecular flexibility index (Phi) is 9.16. The molecule has 2 N–H and O–H groups in total. The van der Waals surface area contributed by atoms with Crippen molar-refractivity contribution < 1.29 is 32.0 Å². The molecule has 0 saturated carbocycles. The van der Waals surface area contributed by atoms with Gasteiger partial charge in [0.2, 0.25) is 5.36 Å². The van der Waals surface area contributed by atoms with E-state index in [4.69, 9.17) is 29.5 Å². The first-order valence-electron chi connectivity index (χ1n) is 7.84. The summed E-state index contributed by atoms with van der Waals surface area (Å²) in [6.07, 6.45) is 0. The van der Waals surface area contributed by atoms with Crippen molar-refractivity contribution in [3.05, 3.63) is 41.3 Å². The van der Waals surface area contributed by atoms with Crippen LogP contribution in [-0.2, 0) is 15.1 Å². The Balaban J connectivity index is 0.000000730. The van der Waals surface area contributed by atoms with Crippen LogP contribution < -0.4 is 28.1 Å². The maximum absolute atomic E-state index is 5.99. The van der Waals surface area contributed by atoms with E-state index in [1.165, 1.54) is 0 Å². The zero-order valence-corrected chi connectivity index (χ0v) is 19.8. The van der Waals surface area contributed by atoms with Gasteiger partial charge >= 0.3 is 34.5 Å². The molecule has 1 aliphatic carbocycles. The number of aromatic nitrogens is 1. The maximum atomic E-state index is 5.99. The molecule has 0 saturated heterocycles. The predicted octanol–water partition coefficient (Wildman–Crippen LogP) is 1.02. The molecule has 0 bridgehead atoms. The molecule has 0 atom stereocenters. The van der Waals surface area contributed by atoms with Crippen LogP contribution >= 0.6 is 19.4 Å². The molecule has 0 fully saturated rings. The fourth-order valence-corrected chi connectivity index (χ4v) is 2.57. The Morgan fingerprint density at radius 1 is 1.16 bits per heavy atom. The number of nitrogen functional groups attached to an aromatic ring is 1. The average Bonchev–Trinajstić information content (AvgIpc) is 2.56. The first kappa shape index (κ1) is 22.2. The number of nitrogens with zero attached hydrogens (tertiary/aromatic N) is 2. The van der Waals surface area contributed by atoms with Gasteiger partial charge in [-0.15, -0.1) is 0 Å². The summed E-state index contributed by atoms with van der Waals surface area (Å²) < 4.78 is 8.27. The normalized spacial score (nSPS) is 9.80. The van der Waals surface area contributed by atoms with E-state index in [0.717, 1.165) is 52.3 Å². The van der Waals surface area contributed by atoms with Crippen molar-refractivity contribution in [2.24, 2.45) is 0 Å². The van der Waals surface area contributed by atoms with E-state index in [-0.39, 0.29) is 12.4 Å². The Hall–Kier alpha value is -0.867. The van der Waals surface area contributed by atoms with Crippen molar-refractivity contribution in [3.8, 4) is 11.5 Å². The van der Waals surface area contributed by atoms with Crippen molar-refractivity contribution in [1.29, 1.82) is 0 Å². The van der Waals surface area contributed by atoms with Crippen LogP contribution in [0.15, 0.2) is 34.7 Å². The standard InChI is InChI=1S/C17H19N3O.3ClH.Zn/c1-4-20(5-2)12-6-7-14-16(9-12)21-17-10-13(18)11(3)8-15(17)19-14;;;;/h6-10,18H,4-5H2,1-3H3;3*1H;/q;;;;+2/p-2. The molecule has 132 valence electrons. The number of rotatable bonds is 2. The number of aryl methyl sites for hydroxylation is 1. The van der Waals surface area contributed by atoms with E-state index in [1.807, 2.05) is 31.2 Å². The van der Waals surface area contributed by atoms with Gasteiger partial charge in [-0.2, -0.15) is 0 Å². The third-order valence-corrected chi connectivity index (χ3v) is 3.88. The van der Waals surface area contributed by atoms with Crippen molar-refractivity contribution in [3.63, 3.8) is 0 Å². The van der Waals surface area contributed by atoms with E-state index >= 15 is 0 Å². The number of hydrogen-bond donors (Lipinski definition) is 1. The molecule has 0 aromatic heterocycles. The molecule has 0 amide bonds. The molecule has 1 aromatic rings. The first-order valence-corrected chi connectivity index (χ1v) is 15.6. The molecule has 2 aliphatic rings. The molecule has 3 rings (SSSR count). The SMILES string of the molecule is CC[N+](CC)=c1ccc2nc3cc(C)c(N)cc3oc-2c1.[Cl-].[Cl][Zn][Cl]. The number of halogens is 3. The number of anilines is 1. The second kappa shape index (κ2) is 10.3. The summed E-state index contributed by atoms with van der Waals surface area (Å²) >= 11 is -0.931. The van der Waals surface area contributed by atoms with Crippen molar-refractivity contribution in [2.45, 2.75) is 20.8 Å². The Morgan fingerprint density at radius 2 is 1.80 bits per heavy atom. The van der Waals surface area contributed by atoms with Crippen LogP contribution in [-0.4, -0.2) is 18.1 Å². The summed E-state index contributed by atoms with van der Waals surface area (Å²) in [6, 6.07) is 9.96. The minimum atomic E-state index is -0.931. The summed E-state index contributed by atoms with van der Waals surface area (Å²) in [6.45, 7) is 8.20. The molecule has 4 nitrogen and oxygen atoms in total. The first-order chi connectivity index (χ1) is 11.5. The third-order valence-electron chi connectivity index (χ3n) is 3.88. The summed E-state index contributed by atoms with van der Waals surface area (Å²) in [5, 5.41) is 1.15. The van der Waals surface area contributed by atoms with Crippen LogP contribution in [0, 0.1) is 6.92 Å². The fourth-order valence-electron chi connectivity index (χ4n) is 2.57. The number of nitrogens with two attached hydrogens (primary N) is 1. The van der Waals surface area contributed by atoms with Gasteiger partial charge in [0.15, 0.2) is 11.3 Å². The van der Waals surface area contributed by atoms with E-state index in [0.29, 0.717) is 0 Å². The predicted molar refractivity (Wildman–Crippen MR) is 97.8 cm³/mol. The summed E-state index contributed by atoms with van der Waals surface area (Å²) in [4.78, 5) is 4.66. The third kappa shape index (κ3) is 5.30. The second-order valence-corrected chi connectivity index (χ2v) is 9.94. The summed E-state index contributed by atoms with van der Waals surface area (Å²) in [5.41, 5.74) is 10.1. The van der Waals surface area contributed by atoms with Crippen LogP contribution in [0.2, 0.25) is 0 Å². The summed E-state index contributed by atoms with van der Waals surface area (Å²) in [7, 11) is 9.90. The average molecular weight is 454 g/mol. The number of benzene rings is 2. The zero-order valence-electron chi connectivity index (χ0n) is 14.5. The molecule has 0 spiro atoms. The van der Waals surface area contributed by atoms with Gasteiger partial charge in [0.1, 0.15) is 24.3 Å². The molecular weight excluding hydrogens is 434 g/mol. The second-order valence-electron chi connectivity index (χ2n) is 5.32. The molecule has 1 aromatic carbocycles. The van der Waals surface area contributed by atoms with Crippen molar-refractivity contribution >= 4 is 36.2 Å². The van der Waals surface area contributed by atoms with Crippen LogP contribution in [0.4, 0.5) is 5.69 Å². The van der Waals surface area contributed by atoms with Crippen molar-refractivity contribution in [2.75, 3.05) is 18.8 Å². The topological polar surface area (TPSA) is 55.1 Å². The van der Waals surface area contributed by atoms with Gasteiger partial charge in [-0.05, 0) is 38.5 Å². The van der Waals surface area contributed by atoms with E-state index in [9.17, 15) is 0 Å². The van der Waals surface area contributed by atoms with Gasteiger partial charge in [0.25, 0.3) is 0 Å². The van der Waals surface area contributed by atoms with Gasteiger partial charge in [-0.3, -0.25) is 0 Å². The Labute approximate surface area is 169 Å². The van der Waals surface area contributed by atoms with Crippen molar-refractivity contribution in [1.82, 2.24) is 9.56 Å². The van der Waals surface area contributed by atoms with E-state index in [2.05, 4.69) is 29.5 Å². The molecule has 0 unspecified atom stereocenters. The van der Waals surface area contributed by atoms with Gasteiger partial charge < -0.3 is 22.6 Å². The molecule has 0 radical (unpaired) electrons. The molecule has 8 heteroatoms. The quantitative estimate of drug-likeness (QED) is 0.273. The van der Waals surface area contributed by atoms with E-state index < -0.39 is 15.1 Å². The molecular formula is C17H20Cl3N3OZn. The fraction of sp³-hybridized carbons (Fsp3) is 0.294. The van der Waals surface area contributed by atoms with E-state index in [1.54, 1.807) is 0 Å². The van der Waals surface area contributed by atoms with Crippen LogP contribution in [0.1, 0.15) is 19.4 Å². The minimum absolute atomic E-state index is 0. The van der Waals surface area contributed by atoms with Crippen LogP contribution in [0.25, 0.3) is 22.6 Å². The van der Waals surface area contributed by atoms with Crippen LogP contribution in [0.5, 0.6) is 0 Å². The van der Waals surface area contributed by atoms with Crippen LogP contribution in [0.3, 0.4) is 0 Å². The van der Waals surface area contributed by atoms with Gasteiger partial charge in [-0.25, -0.2) is 9.56 Å². The number of fused-ring (bicyclic) bond motifs is 2. The Bertz CT molecular complexity index is 877. The Morgan fingerprint density at radius 3 is 2.40 bits per heavy atom. The molecule has 1 heterocycles.